The van der Waals surface area contributed by atoms with Crippen molar-refractivity contribution in [3.63, 3.8) is 0 Å². The number of hydrogen-bond acceptors (Lipinski definition) is 4. The topological polar surface area (TPSA) is 83.3 Å². The highest BCUT2D eigenvalue weighted by atomic mass is 32.2. The second-order valence-electron chi connectivity index (χ2n) is 2.67. The summed E-state index contributed by atoms with van der Waals surface area (Å²) >= 11 is -2.87. The number of nitro groups is 1. The lowest BCUT2D eigenvalue weighted by atomic mass is 10.2. The van der Waals surface area contributed by atoms with Crippen molar-refractivity contribution < 1.29 is 26.9 Å². The summed E-state index contributed by atoms with van der Waals surface area (Å²) in [6, 6.07) is 1.46. The summed E-state index contributed by atoms with van der Waals surface area (Å²) in [6.45, 7) is 0. The van der Waals surface area contributed by atoms with Gasteiger partial charge in [-0.2, -0.15) is 13.2 Å². The first-order valence-electron chi connectivity index (χ1n) is 3.68. The minimum Gasteiger partial charge on any atom is -0.768 e. The minimum atomic E-state index is -4.97. The van der Waals surface area contributed by atoms with Crippen molar-refractivity contribution in [2.45, 2.75) is 11.1 Å². The van der Waals surface area contributed by atoms with Crippen LogP contribution < -0.4 is 0 Å². The van der Waals surface area contributed by atoms with Crippen LogP contribution in [0.5, 0.6) is 0 Å². The molecule has 0 N–H and O–H groups in total. The molecule has 1 unspecified atom stereocenters. The highest BCUT2D eigenvalue weighted by Crippen LogP contribution is 2.36. The van der Waals surface area contributed by atoms with Gasteiger partial charge in [0.15, 0.2) is 0 Å². The largest absolute Gasteiger partial charge is 0.768 e. The average Bonchev–Trinajstić information content (AvgIpc) is 2.15. The van der Waals surface area contributed by atoms with Gasteiger partial charge in [0.2, 0.25) is 0 Å². The van der Waals surface area contributed by atoms with Crippen molar-refractivity contribution in [1.29, 1.82) is 0 Å². The molecular formula is C7H3F3NO4S-. The van der Waals surface area contributed by atoms with E-state index in [1.54, 1.807) is 0 Å². The molecule has 0 aromatic heterocycles. The van der Waals surface area contributed by atoms with E-state index in [-0.39, 0.29) is 6.07 Å². The van der Waals surface area contributed by atoms with Crippen LogP contribution in [0.4, 0.5) is 18.9 Å². The molecule has 0 spiro atoms. The van der Waals surface area contributed by atoms with Gasteiger partial charge in [0.25, 0.3) is 5.69 Å². The lowest BCUT2D eigenvalue weighted by Crippen LogP contribution is -2.09. The van der Waals surface area contributed by atoms with E-state index in [0.29, 0.717) is 6.07 Å². The molecule has 0 heterocycles. The van der Waals surface area contributed by atoms with Gasteiger partial charge in [-0.25, -0.2) is 0 Å². The van der Waals surface area contributed by atoms with Crippen LogP contribution in [-0.2, 0) is 17.3 Å². The van der Waals surface area contributed by atoms with Crippen LogP contribution in [0, 0.1) is 10.1 Å². The fourth-order valence-corrected chi connectivity index (χ4v) is 1.40. The van der Waals surface area contributed by atoms with Gasteiger partial charge in [-0.05, 0) is 23.2 Å². The number of halogens is 3. The quantitative estimate of drug-likeness (QED) is 0.458. The Morgan fingerprint density at radius 2 is 1.88 bits per heavy atom. The molecule has 0 saturated heterocycles. The van der Waals surface area contributed by atoms with Crippen molar-refractivity contribution in [1.82, 2.24) is 0 Å². The molecule has 0 aliphatic rings. The number of benzene rings is 1. The van der Waals surface area contributed by atoms with Crippen LogP contribution in [0.15, 0.2) is 23.1 Å². The molecule has 0 aliphatic carbocycles. The van der Waals surface area contributed by atoms with Gasteiger partial charge in [-0.15, -0.1) is 0 Å². The minimum absolute atomic E-state index is 0.223. The molecule has 0 amide bonds. The van der Waals surface area contributed by atoms with Crippen LogP contribution in [0.25, 0.3) is 0 Å². The molecule has 1 atom stereocenters. The number of alkyl halides is 3. The fourth-order valence-electron chi connectivity index (χ4n) is 1.01. The van der Waals surface area contributed by atoms with E-state index >= 15 is 0 Å². The zero-order valence-electron chi connectivity index (χ0n) is 7.35. The van der Waals surface area contributed by atoms with E-state index in [4.69, 9.17) is 0 Å². The highest BCUT2D eigenvalue weighted by Gasteiger charge is 2.38. The molecule has 0 fully saturated rings. The Hall–Kier alpha value is -1.48. The number of rotatable bonds is 2. The molecule has 9 heteroatoms. The van der Waals surface area contributed by atoms with E-state index in [1.807, 2.05) is 0 Å². The fraction of sp³-hybridized carbons (Fsp3) is 0.143. The smallest absolute Gasteiger partial charge is 0.423 e. The first kappa shape index (κ1) is 12.6. The van der Waals surface area contributed by atoms with Crippen molar-refractivity contribution >= 4 is 16.8 Å². The molecule has 88 valence electrons. The van der Waals surface area contributed by atoms with E-state index in [9.17, 15) is 32.0 Å². The van der Waals surface area contributed by atoms with E-state index in [2.05, 4.69) is 0 Å². The van der Waals surface area contributed by atoms with Gasteiger partial charge in [0, 0.05) is 11.0 Å². The van der Waals surface area contributed by atoms with Crippen LogP contribution >= 0.6 is 0 Å². The molecule has 0 bridgehead atoms. The number of nitro benzene ring substituents is 1. The molecule has 5 nitrogen and oxygen atoms in total. The molecule has 1 aromatic carbocycles. The number of nitrogens with zero attached hydrogens (tertiary/aromatic N) is 1. The normalized spacial score (nSPS) is 13.5. The van der Waals surface area contributed by atoms with Gasteiger partial charge < -0.3 is 4.55 Å². The maximum Gasteiger partial charge on any atom is 0.423 e. The summed E-state index contributed by atoms with van der Waals surface area (Å²) in [4.78, 5) is 8.42. The summed E-state index contributed by atoms with van der Waals surface area (Å²) in [5.41, 5.74) is -2.76. The zero-order valence-corrected chi connectivity index (χ0v) is 8.17. The van der Waals surface area contributed by atoms with Gasteiger partial charge in [-0.3, -0.25) is 14.3 Å². The molecule has 16 heavy (non-hydrogen) atoms. The van der Waals surface area contributed by atoms with Crippen molar-refractivity contribution in [2.75, 3.05) is 0 Å². The van der Waals surface area contributed by atoms with Gasteiger partial charge in [0.05, 0.1) is 4.92 Å². The van der Waals surface area contributed by atoms with E-state index in [1.165, 1.54) is 0 Å². The van der Waals surface area contributed by atoms with E-state index in [0.717, 1.165) is 6.07 Å². The van der Waals surface area contributed by atoms with Crippen molar-refractivity contribution in [3.05, 3.63) is 33.9 Å². The Morgan fingerprint density at radius 3 is 2.25 bits per heavy atom. The average molecular weight is 254 g/mol. The lowest BCUT2D eigenvalue weighted by Gasteiger charge is -2.10. The van der Waals surface area contributed by atoms with Crippen molar-refractivity contribution in [2.24, 2.45) is 0 Å². The second-order valence-corrected chi connectivity index (χ2v) is 3.61. The standard InChI is InChI=1S/C7H4F3NO4S/c8-7(9,10)5-3-4(16(14)15)1-2-6(5)11(12)13/h1-3H,(H,14,15)/p-1. The Kier molecular flexibility index (Phi) is 3.29. The number of hydrogen-bond donors (Lipinski definition) is 0. The van der Waals surface area contributed by atoms with Gasteiger partial charge >= 0.3 is 6.18 Å². The molecule has 0 aliphatic heterocycles. The molecule has 1 aromatic rings. The summed E-state index contributed by atoms with van der Waals surface area (Å²) in [5, 5.41) is 10.3. The Balaban J connectivity index is 3.45. The summed E-state index contributed by atoms with van der Waals surface area (Å²) < 4.78 is 57.9. The Morgan fingerprint density at radius 1 is 1.31 bits per heavy atom. The van der Waals surface area contributed by atoms with Crippen LogP contribution in [0.2, 0.25) is 0 Å². The third-order valence-corrected chi connectivity index (χ3v) is 2.30. The molecule has 0 saturated carbocycles. The Labute approximate surface area is 89.3 Å². The van der Waals surface area contributed by atoms with Crippen LogP contribution in [0.3, 0.4) is 0 Å². The van der Waals surface area contributed by atoms with Crippen LogP contribution in [0.1, 0.15) is 5.56 Å². The molecule has 0 radical (unpaired) electrons. The first-order chi connectivity index (χ1) is 7.23. The molecule has 1 rings (SSSR count). The van der Waals surface area contributed by atoms with E-state index < -0.39 is 38.3 Å². The SMILES string of the molecule is O=[N+]([O-])c1ccc(S(=O)[O-])cc1C(F)(F)F. The maximum absolute atomic E-state index is 12.3. The summed E-state index contributed by atoms with van der Waals surface area (Å²) in [5.74, 6) is 0. The summed E-state index contributed by atoms with van der Waals surface area (Å²) in [6.07, 6.45) is -4.97. The molecular weight excluding hydrogens is 251 g/mol. The van der Waals surface area contributed by atoms with Crippen molar-refractivity contribution in [3.8, 4) is 0 Å². The predicted octanol–water partition coefficient (Wildman–Crippen LogP) is 1.85. The Bertz CT molecular complexity index is 459. The second kappa shape index (κ2) is 4.18. The van der Waals surface area contributed by atoms with Crippen LogP contribution in [-0.4, -0.2) is 13.7 Å². The van der Waals surface area contributed by atoms with Gasteiger partial charge in [-0.1, -0.05) is 0 Å². The first-order valence-corrected chi connectivity index (χ1v) is 4.76. The highest BCUT2D eigenvalue weighted by molar-refractivity contribution is 7.79. The third-order valence-electron chi connectivity index (χ3n) is 1.66. The zero-order chi connectivity index (χ0) is 12.5. The maximum atomic E-state index is 12.3. The van der Waals surface area contributed by atoms with Gasteiger partial charge in [0.1, 0.15) is 5.56 Å². The lowest BCUT2D eigenvalue weighted by molar-refractivity contribution is -0.388. The third kappa shape index (κ3) is 2.55. The predicted molar refractivity (Wildman–Crippen MR) is 45.3 cm³/mol. The monoisotopic (exact) mass is 254 g/mol. The summed E-state index contributed by atoms with van der Waals surface area (Å²) in [7, 11) is 0.